The summed E-state index contributed by atoms with van der Waals surface area (Å²) >= 11 is 11.8. The molecule has 128 valence electrons. The molecule has 0 saturated heterocycles. The Morgan fingerprint density at radius 2 is 1.52 bits per heavy atom. The lowest BCUT2D eigenvalue weighted by Crippen LogP contribution is -2.24. The number of rotatable bonds is 4. The number of benzene rings is 2. The Kier molecular flexibility index (Phi) is 5.62. The zero-order chi connectivity index (χ0) is 18.7. The van der Waals surface area contributed by atoms with Gasteiger partial charge in [0.2, 0.25) is 0 Å². The number of hydrogen-bond donors (Lipinski definition) is 0. The molecule has 0 saturated carbocycles. The van der Waals surface area contributed by atoms with Crippen molar-refractivity contribution in [2.45, 2.75) is 19.0 Å². The summed E-state index contributed by atoms with van der Waals surface area (Å²) in [6.45, 7) is 0. The van der Waals surface area contributed by atoms with Gasteiger partial charge in [0, 0.05) is 12.8 Å². The first-order chi connectivity index (χ1) is 11.7. The van der Waals surface area contributed by atoms with E-state index in [2.05, 4.69) is 0 Å². The molecule has 2 nitrogen and oxygen atoms in total. The van der Waals surface area contributed by atoms with Crippen LogP contribution in [0.2, 0.25) is 10.0 Å². The molecule has 0 N–H and O–H groups in total. The smallest absolute Gasteiger partial charge is 0.197 e. The second kappa shape index (κ2) is 7.35. The molecule has 2 aromatic carbocycles. The molecule has 0 aliphatic heterocycles. The molecule has 0 unspecified atom stereocenters. The van der Waals surface area contributed by atoms with Crippen LogP contribution in [0.15, 0.2) is 42.5 Å². The highest BCUT2D eigenvalue weighted by Gasteiger charge is 2.37. The largest absolute Gasteiger partial charge is 0.416 e. The van der Waals surface area contributed by atoms with Crippen molar-refractivity contribution < 1.29 is 13.2 Å². The molecule has 0 amide bonds. The average Bonchev–Trinajstić information content (AvgIpc) is 2.57. The van der Waals surface area contributed by atoms with Gasteiger partial charge in [0.05, 0.1) is 27.7 Å². The molecule has 0 fully saturated rings. The van der Waals surface area contributed by atoms with Crippen LogP contribution in [0, 0.1) is 28.1 Å². The van der Waals surface area contributed by atoms with E-state index in [1.807, 2.05) is 12.1 Å². The maximum Gasteiger partial charge on any atom is 0.416 e. The normalized spacial score (nSPS) is 11.6. The van der Waals surface area contributed by atoms with Gasteiger partial charge >= 0.3 is 6.18 Å². The molecule has 7 heteroatoms. The summed E-state index contributed by atoms with van der Waals surface area (Å²) in [5.41, 5.74) is -2.06. The molecular formula is C18H11Cl2F3N2. The minimum Gasteiger partial charge on any atom is -0.197 e. The van der Waals surface area contributed by atoms with Crippen molar-refractivity contribution in [1.82, 2.24) is 0 Å². The number of nitriles is 2. The molecule has 2 rings (SSSR count). The monoisotopic (exact) mass is 382 g/mol. The first-order valence-corrected chi connectivity index (χ1v) is 7.88. The molecule has 0 bridgehead atoms. The van der Waals surface area contributed by atoms with Crippen LogP contribution in [-0.4, -0.2) is 0 Å². The highest BCUT2D eigenvalue weighted by Crippen LogP contribution is 2.36. The molecule has 2 aromatic rings. The van der Waals surface area contributed by atoms with Crippen LogP contribution in [0.1, 0.15) is 16.7 Å². The molecule has 0 aliphatic rings. The predicted molar refractivity (Wildman–Crippen MR) is 89.0 cm³/mol. The Labute approximate surface area is 153 Å². The van der Waals surface area contributed by atoms with Gasteiger partial charge < -0.3 is 0 Å². The molecule has 0 aliphatic carbocycles. The first-order valence-electron chi connectivity index (χ1n) is 7.12. The maximum absolute atomic E-state index is 13.2. The lowest BCUT2D eigenvalue weighted by atomic mass is 9.78. The zero-order valence-corrected chi connectivity index (χ0v) is 14.3. The van der Waals surface area contributed by atoms with Crippen LogP contribution < -0.4 is 0 Å². The van der Waals surface area contributed by atoms with Crippen LogP contribution >= 0.6 is 23.2 Å². The molecule has 25 heavy (non-hydrogen) atoms. The first kappa shape index (κ1) is 19.1. The highest BCUT2D eigenvalue weighted by atomic mass is 35.5. The van der Waals surface area contributed by atoms with Crippen molar-refractivity contribution in [3.05, 3.63) is 69.2 Å². The fourth-order valence-electron chi connectivity index (χ4n) is 2.52. The minimum absolute atomic E-state index is 0.0664. The van der Waals surface area contributed by atoms with Gasteiger partial charge in [-0.15, -0.1) is 0 Å². The highest BCUT2D eigenvalue weighted by molar-refractivity contribution is 6.42. The molecule has 0 radical (unpaired) electrons. The van der Waals surface area contributed by atoms with Gasteiger partial charge in [-0.1, -0.05) is 47.5 Å². The summed E-state index contributed by atoms with van der Waals surface area (Å²) < 4.78 is 39.5. The van der Waals surface area contributed by atoms with Gasteiger partial charge in [-0.2, -0.15) is 23.7 Å². The fraction of sp³-hybridized carbons (Fsp3) is 0.222. The number of nitrogens with zero attached hydrogens (tertiary/aromatic N) is 2. The van der Waals surface area contributed by atoms with E-state index in [1.54, 1.807) is 6.07 Å². The summed E-state index contributed by atoms with van der Waals surface area (Å²) in [6.07, 6.45) is -4.98. The van der Waals surface area contributed by atoms with Gasteiger partial charge in [-0.25, -0.2) is 0 Å². The van der Waals surface area contributed by atoms with Gasteiger partial charge in [-0.3, -0.25) is 0 Å². The van der Waals surface area contributed by atoms with E-state index >= 15 is 0 Å². The Bertz CT molecular complexity index is 850. The average molecular weight is 383 g/mol. The topological polar surface area (TPSA) is 47.6 Å². The Morgan fingerprint density at radius 3 is 2.08 bits per heavy atom. The summed E-state index contributed by atoms with van der Waals surface area (Å²) in [5, 5.41) is 19.6. The van der Waals surface area contributed by atoms with Crippen LogP contribution in [0.3, 0.4) is 0 Å². The van der Waals surface area contributed by atoms with E-state index in [0.29, 0.717) is 10.6 Å². The molecule has 0 aromatic heterocycles. The van der Waals surface area contributed by atoms with Crippen molar-refractivity contribution >= 4 is 23.2 Å². The van der Waals surface area contributed by atoms with Gasteiger partial charge in [0.1, 0.15) is 0 Å². The van der Waals surface area contributed by atoms with E-state index in [0.717, 1.165) is 6.07 Å². The van der Waals surface area contributed by atoms with Gasteiger partial charge in [-0.05, 0) is 29.3 Å². The Balaban J connectivity index is 2.41. The van der Waals surface area contributed by atoms with E-state index in [-0.39, 0.29) is 23.4 Å². The van der Waals surface area contributed by atoms with E-state index < -0.39 is 17.2 Å². The quantitative estimate of drug-likeness (QED) is 0.667. The lowest BCUT2D eigenvalue weighted by Gasteiger charge is -2.21. The third kappa shape index (κ3) is 4.45. The van der Waals surface area contributed by atoms with E-state index in [9.17, 15) is 23.7 Å². The molecule has 0 atom stereocenters. The SMILES string of the molecule is N#CC(C#N)(Cc1ccc(Cl)c(Cl)c1)Cc1ccccc1C(F)(F)F. The molecular weight excluding hydrogens is 372 g/mol. The summed E-state index contributed by atoms with van der Waals surface area (Å²) in [5.74, 6) is 0. The third-order valence-electron chi connectivity index (χ3n) is 3.73. The van der Waals surface area contributed by atoms with Crippen molar-refractivity contribution in [2.75, 3.05) is 0 Å². The lowest BCUT2D eigenvalue weighted by molar-refractivity contribution is -0.138. The van der Waals surface area contributed by atoms with Gasteiger partial charge in [0.15, 0.2) is 5.41 Å². The van der Waals surface area contributed by atoms with Crippen LogP contribution in [-0.2, 0) is 19.0 Å². The molecule has 0 spiro atoms. The van der Waals surface area contributed by atoms with Crippen molar-refractivity contribution in [1.29, 1.82) is 10.5 Å². The van der Waals surface area contributed by atoms with E-state index in [4.69, 9.17) is 23.2 Å². The summed E-state index contributed by atoms with van der Waals surface area (Å²) in [6, 6.07) is 13.3. The third-order valence-corrected chi connectivity index (χ3v) is 4.47. The van der Waals surface area contributed by atoms with Crippen LogP contribution in [0.25, 0.3) is 0 Å². The Morgan fingerprint density at radius 1 is 0.880 bits per heavy atom. The van der Waals surface area contributed by atoms with Crippen molar-refractivity contribution in [3.63, 3.8) is 0 Å². The second-order valence-corrected chi connectivity index (χ2v) is 6.38. The summed E-state index contributed by atoms with van der Waals surface area (Å²) in [4.78, 5) is 0. The minimum atomic E-state index is -4.56. The maximum atomic E-state index is 13.2. The second-order valence-electron chi connectivity index (χ2n) is 5.56. The van der Waals surface area contributed by atoms with Crippen molar-refractivity contribution in [3.8, 4) is 12.1 Å². The standard InChI is InChI=1S/C18H11Cl2F3N2/c19-15-6-5-12(7-16(15)20)8-17(10-24,11-25)9-13-3-1-2-4-14(13)18(21,22)23/h1-7H,8-9H2. The predicted octanol–water partition coefficient (Wildman–Crippen LogP) is 5.83. The van der Waals surface area contributed by atoms with Crippen molar-refractivity contribution in [2.24, 2.45) is 5.41 Å². The molecule has 0 heterocycles. The van der Waals surface area contributed by atoms with Crippen LogP contribution in [0.4, 0.5) is 13.2 Å². The summed E-state index contributed by atoms with van der Waals surface area (Å²) in [7, 11) is 0. The van der Waals surface area contributed by atoms with E-state index in [1.165, 1.54) is 30.3 Å². The number of hydrogen-bond acceptors (Lipinski definition) is 2. The zero-order valence-electron chi connectivity index (χ0n) is 12.7. The number of halogens is 5. The Hall–Kier alpha value is -2.21. The fourth-order valence-corrected chi connectivity index (χ4v) is 2.84. The van der Waals surface area contributed by atoms with Crippen LogP contribution in [0.5, 0.6) is 0 Å². The number of alkyl halides is 3. The van der Waals surface area contributed by atoms with Gasteiger partial charge in [0.25, 0.3) is 0 Å².